The molecule has 2 rings (SSSR count). The van der Waals surface area contributed by atoms with Gasteiger partial charge in [0.1, 0.15) is 10.8 Å². The highest BCUT2D eigenvalue weighted by Gasteiger charge is 2.09. The zero-order valence-electron chi connectivity index (χ0n) is 10.7. The van der Waals surface area contributed by atoms with Gasteiger partial charge in [-0.3, -0.25) is 9.36 Å². The molecule has 0 fully saturated rings. The summed E-state index contributed by atoms with van der Waals surface area (Å²) in [7, 11) is 1.55. The van der Waals surface area contributed by atoms with E-state index < -0.39 is 17.1 Å². The molecule has 2 aromatic rings. The highest BCUT2D eigenvalue weighted by atomic mass is 32.1. The molecule has 0 spiro atoms. The second-order valence-electron chi connectivity index (χ2n) is 4.31. The van der Waals surface area contributed by atoms with Crippen molar-refractivity contribution in [3.8, 4) is 0 Å². The van der Waals surface area contributed by atoms with Gasteiger partial charge >= 0.3 is 5.69 Å². The molecule has 104 valence electrons. The summed E-state index contributed by atoms with van der Waals surface area (Å²) >= 11 is 4.75. The third-order valence-electron chi connectivity index (χ3n) is 2.88. The summed E-state index contributed by atoms with van der Waals surface area (Å²) in [5, 5.41) is 0. The molecule has 1 aromatic carbocycles. The Bertz CT molecular complexity index is 795. The smallest absolute Gasteiger partial charge is 0.331 e. The molecule has 0 aliphatic rings. The lowest BCUT2D eigenvalue weighted by Gasteiger charge is -2.08. The molecule has 0 amide bonds. The second-order valence-corrected chi connectivity index (χ2v) is 4.75. The Balaban J connectivity index is 2.49. The van der Waals surface area contributed by atoms with Crippen LogP contribution in [0.3, 0.4) is 0 Å². The minimum absolute atomic E-state index is 0.0300. The Morgan fingerprint density at radius 1 is 1.35 bits per heavy atom. The summed E-state index contributed by atoms with van der Waals surface area (Å²) < 4.78 is 15.8. The third-order valence-corrected chi connectivity index (χ3v) is 3.10. The van der Waals surface area contributed by atoms with Gasteiger partial charge in [-0.25, -0.2) is 9.18 Å². The second kappa shape index (κ2) is 5.38. The van der Waals surface area contributed by atoms with Crippen LogP contribution in [-0.4, -0.2) is 14.1 Å². The predicted molar refractivity (Wildman–Crippen MR) is 77.3 cm³/mol. The molecule has 1 aromatic heterocycles. The molecule has 0 unspecified atom stereocenters. The van der Waals surface area contributed by atoms with Gasteiger partial charge in [-0.15, -0.1) is 0 Å². The molecule has 0 saturated carbocycles. The number of aryl methyl sites for hydroxylation is 1. The van der Waals surface area contributed by atoms with Crippen molar-refractivity contribution in [2.75, 3.05) is 0 Å². The van der Waals surface area contributed by atoms with E-state index >= 15 is 0 Å². The van der Waals surface area contributed by atoms with E-state index in [0.717, 1.165) is 4.57 Å². The lowest BCUT2D eigenvalue weighted by Crippen LogP contribution is -2.38. The quantitative estimate of drug-likeness (QED) is 0.830. The van der Waals surface area contributed by atoms with Crippen LogP contribution in [0.25, 0.3) is 0 Å². The van der Waals surface area contributed by atoms with Crippen LogP contribution in [0.2, 0.25) is 0 Å². The van der Waals surface area contributed by atoms with E-state index in [9.17, 15) is 14.0 Å². The summed E-state index contributed by atoms with van der Waals surface area (Å²) in [5.74, 6) is -0.533. The molecule has 5 nitrogen and oxygen atoms in total. The van der Waals surface area contributed by atoms with Crippen LogP contribution in [0, 0.1) is 5.82 Å². The summed E-state index contributed by atoms with van der Waals surface area (Å²) in [5.41, 5.74) is 5.21. The average molecular weight is 293 g/mol. The normalized spacial score (nSPS) is 10.5. The number of hydrogen-bond donors (Lipinski definition) is 1. The zero-order chi connectivity index (χ0) is 14.9. The largest absolute Gasteiger partial charge is 0.389 e. The van der Waals surface area contributed by atoms with Gasteiger partial charge in [0.2, 0.25) is 0 Å². The van der Waals surface area contributed by atoms with Gasteiger partial charge < -0.3 is 10.3 Å². The lowest BCUT2D eigenvalue weighted by molar-refractivity contribution is 0.618. The van der Waals surface area contributed by atoms with Crippen molar-refractivity contribution < 1.29 is 4.39 Å². The topological polar surface area (TPSA) is 70.0 Å². The number of benzene rings is 1. The van der Waals surface area contributed by atoms with Gasteiger partial charge in [0, 0.05) is 24.9 Å². The molecule has 0 radical (unpaired) electrons. The first-order valence-electron chi connectivity index (χ1n) is 5.75. The summed E-state index contributed by atoms with van der Waals surface area (Å²) in [6.07, 6.45) is 1.40. The number of aromatic nitrogens is 2. The highest BCUT2D eigenvalue weighted by molar-refractivity contribution is 7.80. The summed E-state index contributed by atoms with van der Waals surface area (Å²) in [4.78, 5) is 23.5. The lowest BCUT2D eigenvalue weighted by atomic mass is 10.1. The van der Waals surface area contributed by atoms with E-state index in [0.29, 0.717) is 5.56 Å². The molecule has 0 bridgehead atoms. The molecule has 0 aliphatic carbocycles. The van der Waals surface area contributed by atoms with E-state index in [4.69, 9.17) is 18.0 Å². The Kier molecular flexibility index (Phi) is 3.80. The fourth-order valence-electron chi connectivity index (χ4n) is 1.80. The van der Waals surface area contributed by atoms with Crippen LogP contribution in [0.4, 0.5) is 4.39 Å². The molecule has 0 aliphatic heterocycles. The van der Waals surface area contributed by atoms with Gasteiger partial charge in [-0.05, 0) is 17.7 Å². The fraction of sp³-hybridized carbons (Fsp3) is 0.154. The van der Waals surface area contributed by atoms with Gasteiger partial charge in [-0.1, -0.05) is 18.3 Å². The minimum Gasteiger partial charge on any atom is -0.389 e. The van der Waals surface area contributed by atoms with Crippen molar-refractivity contribution >= 4 is 17.2 Å². The maximum Gasteiger partial charge on any atom is 0.331 e. The third kappa shape index (κ3) is 2.67. The predicted octanol–water partition coefficient (Wildman–Crippen LogP) is 0.369. The van der Waals surface area contributed by atoms with Crippen molar-refractivity contribution in [1.82, 2.24) is 9.13 Å². The van der Waals surface area contributed by atoms with Gasteiger partial charge in [0.15, 0.2) is 0 Å². The van der Waals surface area contributed by atoms with Crippen molar-refractivity contribution in [3.63, 3.8) is 0 Å². The summed E-state index contributed by atoms with van der Waals surface area (Å²) in [6.45, 7) is 0.0300. The SMILES string of the molecule is Cn1ccc(=O)n(Cc2ccc(F)c(C(N)=S)c2)c1=O. The Hall–Kier alpha value is -2.28. The molecule has 2 N–H and O–H groups in total. The van der Waals surface area contributed by atoms with E-state index in [-0.39, 0.29) is 17.1 Å². The van der Waals surface area contributed by atoms with Crippen LogP contribution in [0.5, 0.6) is 0 Å². The first-order chi connectivity index (χ1) is 9.40. The van der Waals surface area contributed by atoms with Crippen LogP contribution in [0.1, 0.15) is 11.1 Å². The Morgan fingerprint density at radius 3 is 2.70 bits per heavy atom. The maximum atomic E-state index is 13.5. The molecular formula is C13H12FN3O2S. The number of rotatable bonds is 3. The van der Waals surface area contributed by atoms with Crippen LogP contribution in [-0.2, 0) is 13.6 Å². The Morgan fingerprint density at radius 2 is 2.05 bits per heavy atom. The van der Waals surface area contributed by atoms with E-state index in [2.05, 4.69) is 0 Å². The molecule has 7 heteroatoms. The van der Waals surface area contributed by atoms with Crippen LogP contribution in [0.15, 0.2) is 40.1 Å². The van der Waals surface area contributed by atoms with E-state index in [1.54, 1.807) is 7.05 Å². The van der Waals surface area contributed by atoms with Crippen molar-refractivity contribution in [2.24, 2.45) is 12.8 Å². The van der Waals surface area contributed by atoms with Gasteiger partial charge in [0.25, 0.3) is 5.56 Å². The number of thiocarbonyl (C=S) groups is 1. The summed E-state index contributed by atoms with van der Waals surface area (Å²) in [6, 6.07) is 5.42. The maximum absolute atomic E-state index is 13.5. The van der Waals surface area contributed by atoms with Crippen molar-refractivity contribution in [2.45, 2.75) is 6.54 Å². The molecule has 0 saturated heterocycles. The standard InChI is InChI=1S/C13H12FN3O2S/c1-16-5-4-11(18)17(13(16)19)7-8-2-3-10(14)9(6-8)12(15)20/h2-6H,7H2,1H3,(H2,15,20). The van der Waals surface area contributed by atoms with Gasteiger partial charge in [-0.2, -0.15) is 0 Å². The molecule has 20 heavy (non-hydrogen) atoms. The monoisotopic (exact) mass is 293 g/mol. The molecular weight excluding hydrogens is 281 g/mol. The van der Waals surface area contributed by atoms with Crippen molar-refractivity contribution in [3.05, 3.63) is 68.2 Å². The Labute approximate surface area is 119 Å². The number of hydrogen-bond acceptors (Lipinski definition) is 3. The first kappa shape index (κ1) is 14.1. The van der Waals surface area contributed by atoms with Crippen LogP contribution >= 0.6 is 12.2 Å². The van der Waals surface area contributed by atoms with E-state index in [1.807, 2.05) is 0 Å². The highest BCUT2D eigenvalue weighted by Crippen LogP contribution is 2.11. The number of nitrogens with zero attached hydrogens (tertiary/aromatic N) is 2. The number of nitrogens with two attached hydrogens (primary N) is 1. The minimum atomic E-state index is -0.533. The van der Waals surface area contributed by atoms with Crippen LogP contribution < -0.4 is 17.0 Å². The molecule has 1 heterocycles. The zero-order valence-corrected chi connectivity index (χ0v) is 11.5. The number of halogens is 1. The average Bonchev–Trinajstić information content (AvgIpc) is 2.40. The fourth-order valence-corrected chi connectivity index (χ4v) is 1.96. The van der Waals surface area contributed by atoms with Crippen molar-refractivity contribution in [1.29, 1.82) is 0 Å². The van der Waals surface area contributed by atoms with E-state index in [1.165, 1.54) is 35.0 Å². The van der Waals surface area contributed by atoms with Gasteiger partial charge in [0.05, 0.1) is 6.54 Å². The first-order valence-corrected chi connectivity index (χ1v) is 6.15. The molecule has 0 atom stereocenters.